The number of phenols is 1. The fraction of sp³-hybridized carbons (Fsp3) is 0. The van der Waals surface area contributed by atoms with Gasteiger partial charge in [-0.1, -0.05) is 60.1 Å². The van der Waals surface area contributed by atoms with E-state index in [0.29, 0.717) is 5.02 Å². The van der Waals surface area contributed by atoms with Gasteiger partial charge in [-0.15, -0.1) is 0 Å². The molecule has 0 heterocycles. The van der Waals surface area contributed by atoms with Gasteiger partial charge in [0.05, 0.1) is 16.0 Å². The van der Waals surface area contributed by atoms with E-state index in [1.54, 1.807) is 6.21 Å². The van der Waals surface area contributed by atoms with Crippen molar-refractivity contribution in [2.75, 3.05) is 0 Å². The van der Waals surface area contributed by atoms with Gasteiger partial charge in [-0.3, -0.25) is 15.1 Å². The molecular weight excluding hydrogens is 364 g/mol. The highest BCUT2D eigenvalue weighted by Gasteiger charge is 2.12. The van der Waals surface area contributed by atoms with Gasteiger partial charge in [0.1, 0.15) is 11.4 Å². The van der Waals surface area contributed by atoms with E-state index >= 15 is 0 Å². The summed E-state index contributed by atoms with van der Waals surface area (Å²) in [6, 6.07) is 19.3. The first-order chi connectivity index (χ1) is 13.1. The molecule has 1 N–H and O–H groups in total. The third kappa shape index (κ3) is 2.98. The Morgan fingerprint density at radius 2 is 1.48 bits per heavy atom. The van der Waals surface area contributed by atoms with Gasteiger partial charge in [-0.05, 0) is 16.8 Å². The molecule has 0 spiro atoms. The monoisotopic (exact) mass is 376 g/mol. The predicted octanol–water partition coefficient (Wildman–Crippen LogP) is 6.01. The molecule has 0 bridgehead atoms. The van der Waals surface area contributed by atoms with E-state index in [-0.39, 0.29) is 17.1 Å². The molecule has 0 amide bonds. The summed E-state index contributed by atoms with van der Waals surface area (Å²) in [6.07, 6.45) is 1.65. The zero-order valence-corrected chi connectivity index (χ0v) is 14.7. The first kappa shape index (κ1) is 17.0. The summed E-state index contributed by atoms with van der Waals surface area (Å²) in [4.78, 5) is 14.6. The minimum atomic E-state index is -0.562. The van der Waals surface area contributed by atoms with Crippen molar-refractivity contribution in [3.8, 4) is 5.75 Å². The number of nitro benzene ring substituents is 1. The van der Waals surface area contributed by atoms with Crippen LogP contribution in [0, 0.1) is 10.1 Å². The third-order valence-electron chi connectivity index (χ3n) is 4.41. The molecule has 0 aliphatic rings. The summed E-state index contributed by atoms with van der Waals surface area (Å²) in [5, 5.41) is 25.2. The predicted molar refractivity (Wildman–Crippen MR) is 108 cm³/mol. The maximum Gasteiger partial charge on any atom is 0.273 e. The van der Waals surface area contributed by atoms with Crippen LogP contribution in [0.1, 0.15) is 5.56 Å². The Kier molecular flexibility index (Phi) is 4.22. The fourth-order valence-corrected chi connectivity index (χ4v) is 3.45. The topological polar surface area (TPSA) is 75.7 Å². The number of nitro groups is 1. The van der Waals surface area contributed by atoms with E-state index < -0.39 is 4.92 Å². The Bertz CT molecular complexity index is 1180. The lowest BCUT2D eigenvalue weighted by Crippen LogP contribution is -1.90. The van der Waals surface area contributed by atoms with Gasteiger partial charge in [-0.2, -0.15) is 0 Å². The van der Waals surface area contributed by atoms with Gasteiger partial charge in [0.15, 0.2) is 0 Å². The van der Waals surface area contributed by atoms with Crippen LogP contribution in [0.25, 0.3) is 21.5 Å². The summed E-state index contributed by atoms with van der Waals surface area (Å²) >= 11 is 6.59. The second-order valence-corrected chi connectivity index (χ2v) is 6.39. The van der Waals surface area contributed by atoms with Crippen molar-refractivity contribution in [2.45, 2.75) is 0 Å². The highest BCUT2D eigenvalue weighted by molar-refractivity contribution is 6.42. The second-order valence-electron chi connectivity index (χ2n) is 6.01. The first-order valence-electron chi connectivity index (χ1n) is 8.16. The molecule has 0 aliphatic carbocycles. The summed E-state index contributed by atoms with van der Waals surface area (Å²) in [7, 11) is 0. The number of non-ortho nitro benzene ring substituents is 1. The molecule has 0 fully saturated rings. The van der Waals surface area contributed by atoms with Crippen molar-refractivity contribution < 1.29 is 10.0 Å². The molecule has 0 aliphatic heterocycles. The SMILES string of the molecule is O=[N+]([O-])c1ccc(N=Cc2c3ccccc3c(Cl)c3ccccc23)c(O)c1. The van der Waals surface area contributed by atoms with Gasteiger partial charge < -0.3 is 5.11 Å². The van der Waals surface area contributed by atoms with Gasteiger partial charge in [0.2, 0.25) is 0 Å². The van der Waals surface area contributed by atoms with Crippen LogP contribution in [-0.4, -0.2) is 16.2 Å². The van der Waals surface area contributed by atoms with Crippen molar-refractivity contribution in [3.05, 3.63) is 87.4 Å². The number of rotatable bonds is 3. The van der Waals surface area contributed by atoms with Gasteiger partial charge >= 0.3 is 0 Å². The number of hydrogen-bond donors (Lipinski definition) is 1. The minimum Gasteiger partial charge on any atom is -0.505 e. The summed E-state index contributed by atoms with van der Waals surface area (Å²) < 4.78 is 0. The van der Waals surface area contributed by atoms with E-state index in [1.165, 1.54) is 12.1 Å². The molecule has 0 saturated heterocycles. The molecule has 6 heteroatoms. The lowest BCUT2D eigenvalue weighted by Gasteiger charge is -2.10. The number of phenolic OH excluding ortho intramolecular Hbond substituents is 1. The molecule has 4 rings (SSSR count). The number of halogens is 1. The quantitative estimate of drug-likeness (QED) is 0.206. The van der Waals surface area contributed by atoms with E-state index in [9.17, 15) is 15.2 Å². The number of aromatic hydroxyl groups is 1. The lowest BCUT2D eigenvalue weighted by atomic mass is 9.97. The fourth-order valence-electron chi connectivity index (χ4n) is 3.12. The van der Waals surface area contributed by atoms with E-state index in [0.717, 1.165) is 33.2 Å². The van der Waals surface area contributed by atoms with E-state index in [2.05, 4.69) is 4.99 Å². The molecule has 0 saturated carbocycles. The molecular formula is C21H13ClN2O3. The van der Waals surface area contributed by atoms with Gasteiger partial charge in [0.25, 0.3) is 5.69 Å². The summed E-state index contributed by atoms with van der Waals surface area (Å²) in [5.41, 5.74) is 0.931. The maximum absolute atomic E-state index is 10.8. The maximum atomic E-state index is 10.8. The van der Waals surface area contributed by atoms with Crippen molar-refractivity contribution in [1.29, 1.82) is 0 Å². The lowest BCUT2D eigenvalue weighted by molar-refractivity contribution is -0.384. The van der Waals surface area contributed by atoms with Crippen molar-refractivity contribution >= 4 is 50.7 Å². The van der Waals surface area contributed by atoms with Crippen LogP contribution in [0.4, 0.5) is 11.4 Å². The molecule has 0 aromatic heterocycles. The van der Waals surface area contributed by atoms with Gasteiger partial charge in [-0.25, -0.2) is 0 Å². The Labute approximate surface area is 159 Å². The van der Waals surface area contributed by atoms with E-state index in [4.69, 9.17) is 11.6 Å². The van der Waals surface area contributed by atoms with Gasteiger partial charge in [0, 0.05) is 28.6 Å². The first-order valence-corrected chi connectivity index (χ1v) is 8.54. The summed E-state index contributed by atoms with van der Waals surface area (Å²) in [6.45, 7) is 0. The Hall–Kier alpha value is -3.44. The zero-order chi connectivity index (χ0) is 19.0. The number of fused-ring (bicyclic) bond motifs is 2. The third-order valence-corrected chi connectivity index (χ3v) is 4.82. The normalized spacial score (nSPS) is 11.4. The molecule has 4 aromatic carbocycles. The van der Waals surface area contributed by atoms with Crippen molar-refractivity contribution in [2.24, 2.45) is 4.99 Å². The highest BCUT2D eigenvalue weighted by Crippen LogP contribution is 2.36. The van der Waals surface area contributed by atoms with Crippen molar-refractivity contribution in [1.82, 2.24) is 0 Å². The Morgan fingerprint density at radius 1 is 0.926 bits per heavy atom. The second kappa shape index (κ2) is 6.70. The largest absolute Gasteiger partial charge is 0.505 e. The van der Waals surface area contributed by atoms with Crippen molar-refractivity contribution in [3.63, 3.8) is 0 Å². The van der Waals surface area contributed by atoms with Crippen LogP contribution < -0.4 is 0 Å². The van der Waals surface area contributed by atoms with Crippen LogP contribution in [0.15, 0.2) is 71.7 Å². The molecule has 0 atom stereocenters. The van der Waals surface area contributed by atoms with Crippen LogP contribution in [0.3, 0.4) is 0 Å². The van der Waals surface area contributed by atoms with Crippen LogP contribution in [-0.2, 0) is 0 Å². The Morgan fingerprint density at radius 3 is 2.00 bits per heavy atom. The number of aliphatic imine (C=N–C) groups is 1. The van der Waals surface area contributed by atoms with Crippen LogP contribution >= 0.6 is 11.6 Å². The van der Waals surface area contributed by atoms with Crippen LogP contribution in [0.5, 0.6) is 5.75 Å². The zero-order valence-electron chi connectivity index (χ0n) is 14.0. The average molecular weight is 377 g/mol. The number of hydrogen-bond acceptors (Lipinski definition) is 4. The number of nitrogens with zero attached hydrogens (tertiary/aromatic N) is 2. The Balaban J connectivity index is 1.92. The smallest absolute Gasteiger partial charge is 0.273 e. The number of benzene rings is 4. The standard InChI is InChI=1S/C21H13ClN2O3/c22-21-16-7-3-1-5-14(16)18(15-6-2-4-8-17(15)21)12-23-19-10-9-13(24(26)27)11-20(19)25/h1-12,25H. The molecule has 132 valence electrons. The molecule has 0 unspecified atom stereocenters. The molecule has 0 radical (unpaired) electrons. The van der Waals surface area contributed by atoms with E-state index in [1.807, 2.05) is 48.5 Å². The minimum absolute atomic E-state index is 0.186. The van der Waals surface area contributed by atoms with Crippen LogP contribution in [0.2, 0.25) is 5.02 Å². The molecule has 4 aromatic rings. The summed E-state index contributed by atoms with van der Waals surface area (Å²) in [5.74, 6) is -0.247. The molecule has 27 heavy (non-hydrogen) atoms. The average Bonchev–Trinajstić information content (AvgIpc) is 2.69. The highest BCUT2D eigenvalue weighted by atomic mass is 35.5. The molecule has 5 nitrogen and oxygen atoms in total.